The van der Waals surface area contributed by atoms with E-state index in [2.05, 4.69) is 12.2 Å². The summed E-state index contributed by atoms with van der Waals surface area (Å²) in [6.45, 7) is 2.37. The van der Waals surface area contributed by atoms with Crippen molar-refractivity contribution in [3.05, 3.63) is 0 Å². The van der Waals surface area contributed by atoms with E-state index in [1.165, 1.54) is 11.3 Å². The second kappa shape index (κ2) is 4.21. The van der Waals surface area contributed by atoms with Gasteiger partial charge >= 0.3 is 6.03 Å². The van der Waals surface area contributed by atoms with E-state index in [1.54, 1.807) is 0 Å². The minimum atomic E-state index is -0.193. The lowest BCUT2D eigenvalue weighted by Gasteiger charge is -2.33. The van der Waals surface area contributed by atoms with Gasteiger partial charge in [-0.1, -0.05) is 26.2 Å². The molecule has 1 heterocycles. The highest BCUT2D eigenvalue weighted by Crippen LogP contribution is 2.30. The fraction of sp³-hybridized carbons (Fsp3) is 0.818. The standard InChI is InChI=1S/C11H18N2O2/c1-2-8-4-3-5-9(6-8)13-10(14)7-12-11(13)15/h8-9H,2-7H2,1H3,(H,12,15). The summed E-state index contributed by atoms with van der Waals surface area (Å²) >= 11 is 0. The van der Waals surface area contributed by atoms with Gasteiger partial charge in [-0.15, -0.1) is 0 Å². The van der Waals surface area contributed by atoms with Gasteiger partial charge < -0.3 is 5.32 Å². The van der Waals surface area contributed by atoms with E-state index in [0.717, 1.165) is 25.7 Å². The number of amides is 3. The number of urea groups is 1. The van der Waals surface area contributed by atoms with E-state index >= 15 is 0 Å². The minimum Gasteiger partial charge on any atom is -0.329 e. The van der Waals surface area contributed by atoms with Gasteiger partial charge in [0.1, 0.15) is 0 Å². The fourth-order valence-corrected chi connectivity index (χ4v) is 2.67. The highest BCUT2D eigenvalue weighted by atomic mass is 16.2. The summed E-state index contributed by atoms with van der Waals surface area (Å²) in [4.78, 5) is 24.4. The van der Waals surface area contributed by atoms with Crippen LogP contribution in [0.4, 0.5) is 4.79 Å². The van der Waals surface area contributed by atoms with E-state index in [9.17, 15) is 9.59 Å². The van der Waals surface area contributed by atoms with E-state index in [-0.39, 0.29) is 24.5 Å². The largest absolute Gasteiger partial charge is 0.329 e. The maximum Gasteiger partial charge on any atom is 0.324 e. The lowest BCUT2D eigenvalue weighted by molar-refractivity contribution is -0.127. The number of carbonyl (C=O) groups excluding carboxylic acids is 2. The first-order valence-electron chi connectivity index (χ1n) is 5.82. The van der Waals surface area contributed by atoms with Crippen LogP contribution in [0.1, 0.15) is 39.0 Å². The van der Waals surface area contributed by atoms with Crippen LogP contribution in [-0.4, -0.2) is 29.4 Å². The van der Waals surface area contributed by atoms with Crippen LogP contribution in [0.3, 0.4) is 0 Å². The molecule has 0 aromatic carbocycles. The van der Waals surface area contributed by atoms with Crippen molar-refractivity contribution in [3.8, 4) is 0 Å². The third-order valence-electron chi connectivity index (χ3n) is 3.58. The summed E-state index contributed by atoms with van der Waals surface area (Å²) in [7, 11) is 0. The Morgan fingerprint density at radius 2 is 2.20 bits per heavy atom. The molecule has 0 spiro atoms. The van der Waals surface area contributed by atoms with Gasteiger partial charge in [-0.25, -0.2) is 4.79 Å². The minimum absolute atomic E-state index is 0.0539. The number of nitrogens with zero attached hydrogens (tertiary/aromatic N) is 1. The molecule has 2 unspecified atom stereocenters. The van der Waals surface area contributed by atoms with Gasteiger partial charge in [0.15, 0.2) is 0 Å². The third-order valence-corrected chi connectivity index (χ3v) is 3.58. The topological polar surface area (TPSA) is 49.4 Å². The highest BCUT2D eigenvalue weighted by Gasteiger charge is 2.36. The number of imide groups is 1. The second-order valence-electron chi connectivity index (χ2n) is 4.52. The summed E-state index contributed by atoms with van der Waals surface area (Å²) in [5, 5.41) is 2.59. The molecule has 0 bridgehead atoms. The Labute approximate surface area is 90.0 Å². The van der Waals surface area contributed by atoms with Crippen molar-refractivity contribution in [2.45, 2.75) is 45.1 Å². The van der Waals surface area contributed by atoms with Gasteiger partial charge in [0.05, 0.1) is 6.54 Å². The van der Waals surface area contributed by atoms with Crippen molar-refractivity contribution in [1.82, 2.24) is 10.2 Å². The Morgan fingerprint density at radius 1 is 1.40 bits per heavy atom. The number of hydrogen-bond acceptors (Lipinski definition) is 2. The maximum absolute atomic E-state index is 11.5. The number of nitrogens with one attached hydrogen (secondary N) is 1. The SMILES string of the molecule is CCC1CCCC(N2C(=O)CNC2=O)C1. The predicted octanol–water partition coefficient (Wildman–Crippen LogP) is 1.51. The van der Waals surface area contributed by atoms with Crippen molar-refractivity contribution in [1.29, 1.82) is 0 Å². The average Bonchev–Trinajstić information content (AvgIpc) is 2.59. The molecular formula is C11H18N2O2. The first kappa shape index (κ1) is 10.5. The van der Waals surface area contributed by atoms with E-state index in [0.29, 0.717) is 5.92 Å². The Kier molecular flexibility index (Phi) is 2.93. The molecule has 0 radical (unpaired) electrons. The van der Waals surface area contributed by atoms with Gasteiger partial charge in [-0.2, -0.15) is 0 Å². The van der Waals surface area contributed by atoms with E-state index in [1.807, 2.05) is 0 Å². The fourth-order valence-electron chi connectivity index (χ4n) is 2.67. The first-order chi connectivity index (χ1) is 7.22. The van der Waals surface area contributed by atoms with Crippen LogP contribution in [0.15, 0.2) is 0 Å². The van der Waals surface area contributed by atoms with Crippen LogP contribution in [0.5, 0.6) is 0 Å². The first-order valence-corrected chi connectivity index (χ1v) is 5.82. The quantitative estimate of drug-likeness (QED) is 0.702. The molecule has 1 N–H and O–H groups in total. The summed E-state index contributed by atoms with van der Waals surface area (Å²) in [5.74, 6) is 0.631. The molecule has 2 atom stereocenters. The molecule has 2 rings (SSSR count). The smallest absolute Gasteiger partial charge is 0.324 e. The van der Waals surface area contributed by atoms with Crippen molar-refractivity contribution in [3.63, 3.8) is 0 Å². The molecule has 0 aromatic rings. The Hall–Kier alpha value is -1.06. The van der Waals surface area contributed by atoms with Crippen molar-refractivity contribution in [2.24, 2.45) is 5.92 Å². The Bertz CT molecular complexity index is 262. The molecule has 1 saturated heterocycles. The molecule has 1 saturated carbocycles. The van der Waals surface area contributed by atoms with Crippen molar-refractivity contribution >= 4 is 11.9 Å². The Balaban J connectivity index is 2.03. The van der Waals surface area contributed by atoms with Crippen LogP contribution in [0.25, 0.3) is 0 Å². The van der Waals surface area contributed by atoms with Crippen LogP contribution in [-0.2, 0) is 4.79 Å². The molecular weight excluding hydrogens is 192 g/mol. The van der Waals surface area contributed by atoms with Gasteiger partial charge in [-0.3, -0.25) is 9.69 Å². The number of rotatable bonds is 2. The summed E-state index contributed by atoms with van der Waals surface area (Å²) in [6.07, 6.45) is 5.52. The van der Waals surface area contributed by atoms with E-state index < -0.39 is 0 Å². The molecule has 4 nitrogen and oxygen atoms in total. The summed E-state index contributed by atoms with van der Waals surface area (Å²) < 4.78 is 0. The van der Waals surface area contributed by atoms with Gasteiger partial charge in [-0.05, 0) is 18.8 Å². The average molecular weight is 210 g/mol. The zero-order chi connectivity index (χ0) is 10.8. The van der Waals surface area contributed by atoms with E-state index in [4.69, 9.17) is 0 Å². The second-order valence-corrected chi connectivity index (χ2v) is 4.52. The molecule has 2 aliphatic rings. The lowest BCUT2D eigenvalue weighted by Crippen LogP contribution is -2.43. The monoisotopic (exact) mass is 210 g/mol. The van der Waals surface area contributed by atoms with Crippen LogP contribution >= 0.6 is 0 Å². The van der Waals surface area contributed by atoms with Crippen LogP contribution < -0.4 is 5.32 Å². The van der Waals surface area contributed by atoms with Gasteiger partial charge in [0.25, 0.3) is 0 Å². The number of hydrogen-bond donors (Lipinski definition) is 1. The maximum atomic E-state index is 11.5. The predicted molar refractivity (Wildman–Crippen MR) is 56.3 cm³/mol. The van der Waals surface area contributed by atoms with Crippen molar-refractivity contribution < 1.29 is 9.59 Å². The third kappa shape index (κ3) is 1.98. The van der Waals surface area contributed by atoms with Crippen LogP contribution in [0, 0.1) is 5.92 Å². The lowest BCUT2D eigenvalue weighted by atomic mass is 9.83. The summed E-state index contributed by atoms with van der Waals surface area (Å²) in [6, 6.07) is -0.0412. The van der Waals surface area contributed by atoms with Crippen LogP contribution in [0.2, 0.25) is 0 Å². The van der Waals surface area contributed by atoms with Crippen molar-refractivity contribution in [2.75, 3.05) is 6.54 Å². The van der Waals surface area contributed by atoms with Gasteiger partial charge in [0.2, 0.25) is 5.91 Å². The molecule has 2 fully saturated rings. The Morgan fingerprint density at radius 3 is 2.80 bits per heavy atom. The molecule has 1 aliphatic heterocycles. The zero-order valence-corrected chi connectivity index (χ0v) is 9.16. The van der Waals surface area contributed by atoms with Gasteiger partial charge in [0, 0.05) is 6.04 Å². The summed E-state index contributed by atoms with van der Waals surface area (Å²) in [5.41, 5.74) is 0. The molecule has 4 heteroatoms. The molecule has 15 heavy (non-hydrogen) atoms. The molecule has 0 aromatic heterocycles. The normalized spacial score (nSPS) is 31.9. The molecule has 3 amide bonds. The molecule has 84 valence electrons. The highest BCUT2D eigenvalue weighted by molar-refractivity contribution is 6.02. The zero-order valence-electron chi connectivity index (χ0n) is 9.16. The molecule has 1 aliphatic carbocycles. The number of carbonyl (C=O) groups is 2.